The van der Waals surface area contributed by atoms with E-state index in [9.17, 15) is 9.59 Å². The number of benzene rings is 1. The molecule has 0 radical (unpaired) electrons. The number of nitrogens with zero attached hydrogens (tertiary/aromatic N) is 3. The highest BCUT2D eigenvalue weighted by molar-refractivity contribution is 9.10. The molecule has 7 heteroatoms. The van der Waals surface area contributed by atoms with Gasteiger partial charge >= 0.3 is 5.69 Å². The van der Waals surface area contributed by atoms with E-state index in [4.69, 9.17) is 5.11 Å². The fraction of sp³-hybridized carbons (Fsp3) is 0.294. The molecule has 2 aromatic heterocycles. The highest BCUT2D eigenvalue weighted by Crippen LogP contribution is 2.30. The van der Waals surface area contributed by atoms with Gasteiger partial charge in [-0.15, -0.1) is 0 Å². The summed E-state index contributed by atoms with van der Waals surface area (Å²) in [6, 6.07) is 7.69. The van der Waals surface area contributed by atoms with Gasteiger partial charge in [0, 0.05) is 43.5 Å². The van der Waals surface area contributed by atoms with Crippen LogP contribution in [0.15, 0.2) is 44.5 Å². The van der Waals surface area contributed by atoms with Crippen LogP contribution >= 0.6 is 15.9 Å². The molecule has 1 aromatic carbocycles. The van der Waals surface area contributed by atoms with E-state index >= 15 is 0 Å². The monoisotopic (exact) mass is 391 g/mol. The number of aliphatic hydroxyl groups is 1. The van der Waals surface area contributed by atoms with Crippen LogP contribution in [0.25, 0.3) is 22.2 Å². The van der Waals surface area contributed by atoms with E-state index in [1.165, 1.54) is 11.6 Å². The Morgan fingerprint density at radius 2 is 1.92 bits per heavy atom. The normalized spacial score (nSPS) is 11.3. The van der Waals surface area contributed by atoms with Crippen LogP contribution in [-0.4, -0.2) is 25.4 Å². The molecule has 0 atom stereocenters. The molecule has 0 aliphatic heterocycles. The van der Waals surface area contributed by atoms with Crippen LogP contribution in [0.2, 0.25) is 0 Å². The van der Waals surface area contributed by atoms with Gasteiger partial charge in [-0.1, -0.05) is 28.1 Å². The molecule has 0 amide bonds. The van der Waals surface area contributed by atoms with Crippen molar-refractivity contribution in [2.75, 3.05) is 6.61 Å². The van der Waals surface area contributed by atoms with Crippen LogP contribution in [0, 0.1) is 0 Å². The maximum Gasteiger partial charge on any atom is 0.330 e. The molecule has 24 heavy (non-hydrogen) atoms. The second kappa shape index (κ2) is 6.41. The highest BCUT2D eigenvalue weighted by Gasteiger charge is 2.19. The van der Waals surface area contributed by atoms with E-state index in [2.05, 4.69) is 15.9 Å². The van der Waals surface area contributed by atoms with E-state index in [0.717, 1.165) is 20.3 Å². The molecule has 3 rings (SSSR count). The van der Waals surface area contributed by atoms with Crippen LogP contribution in [0.1, 0.15) is 6.42 Å². The number of fused-ring (bicyclic) bond motifs is 1. The van der Waals surface area contributed by atoms with Gasteiger partial charge in [0.25, 0.3) is 5.56 Å². The average Bonchev–Trinajstić information content (AvgIpc) is 2.95. The van der Waals surface area contributed by atoms with Crippen LogP contribution in [0.5, 0.6) is 0 Å². The molecule has 6 nitrogen and oxygen atoms in total. The zero-order valence-corrected chi connectivity index (χ0v) is 15.1. The predicted octanol–water partition coefficient (Wildman–Crippen LogP) is 1.85. The third-order valence-corrected chi connectivity index (χ3v) is 4.66. The van der Waals surface area contributed by atoms with Crippen molar-refractivity contribution >= 4 is 26.8 Å². The summed E-state index contributed by atoms with van der Waals surface area (Å²) in [6.45, 7) is 0.619. The van der Waals surface area contributed by atoms with Crippen LogP contribution in [0.3, 0.4) is 0 Å². The van der Waals surface area contributed by atoms with E-state index in [1.807, 2.05) is 35.0 Å². The number of hydrogen-bond donors (Lipinski definition) is 1. The minimum Gasteiger partial charge on any atom is -0.396 e. The Kier molecular flexibility index (Phi) is 4.47. The zero-order valence-electron chi connectivity index (χ0n) is 13.5. The average molecular weight is 392 g/mol. The van der Waals surface area contributed by atoms with Crippen LogP contribution in [0.4, 0.5) is 0 Å². The fourth-order valence-electron chi connectivity index (χ4n) is 2.95. The van der Waals surface area contributed by atoms with E-state index in [0.29, 0.717) is 23.9 Å². The summed E-state index contributed by atoms with van der Waals surface area (Å²) in [7, 11) is 3.14. The summed E-state index contributed by atoms with van der Waals surface area (Å²) in [5.41, 5.74) is 1.57. The Morgan fingerprint density at radius 3 is 2.58 bits per heavy atom. The summed E-state index contributed by atoms with van der Waals surface area (Å²) in [6.07, 6.45) is 2.38. The molecular formula is C17H18BrN3O3. The van der Waals surface area contributed by atoms with E-state index < -0.39 is 0 Å². The maximum absolute atomic E-state index is 12.7. The fourth-order valence-corrected chi connectivity index (χ4v) is 3.35. The summed E-state index contributed by atoms with van der Waals surface area (Å²) in [4.78, 5) is 24.9. The van der Waals surface area contributed by atoms with Crippen molar-refractivity contribution < 1.29 is 5.11 Å². The van der Waals surface area contributed by atoms with Crippen molar-refractivity contribution in [2.24, 2.45) is 14.1 Å². The van der Waals surface area contributed by atoms with Gasteiger partial charge in [-0.3, -0.25) is 13.9 Å². The molecule has 0 fully saturated rings. The smallest absolute Gasteiger partial charge is 0.330 e. The summed E-state index contributed by atoms with van der Waals surface area (Å²) >= 11 is 3.46. The second-order valence-electron chi connectivity index (χ2n) is 5.72. The summed E-state index contributed by atoms with van der Waals surface area (Å²) in [5.74, 6) is 0. The topological polar surface area (TPSA) is 69.2 Å². The Labute approximate surface area is 146 Å². The number of hydrogen-bond acceptors (Lipinski definition) is 3. The van der Waals surface area contributed by atoms with E-state index in [1.54, 1.807) is 7.05 Å². The first-order valence-corrected chi connectivity index (χ1v) is 8.40. The van der Waals surface area contributed by atoms with E-state index in [-0.39, 0.29) is 17.9 Å². The number of aliphatic hydroxyl groups excluding tert-OH is 1. The number of halogens is 1. The first-order valence-electron chi connectivity index (χ1n) is 7.61. The third-order valence-electron chi connectivity index (χ3n) is 4.17. The molecule has 0 unspecified atom stereocenters. The van der Waals surface area contributed by atoms with Gasteiger partial charge in [0.2, 0.25) is 0 Å². The molecule has 2 heterocycles. The lowest BCUT2D eigenvalue weighted by Crippen LogP contribution is -2.36. The molecule has 0 saturated carbocycles. The van der Waals surface area contributed by atoms with Gasteiger partial charge in [0.15, 0.2) is 0 Å². The van der Waals surface area contributed by atoms with Gasteiger partial charge in [-0.05, 0) is 18.6 Å². The largest absolute Gasteiger partial charge is 0.396 e. The first kappa shape index (κ1) is 16.7. The van der Waals surface area contributed by atoms with Gasteiger partial charge in [-0.2, -0.15) is 0 Å². The Balaban J connectivity index is 2.44. The summed E-state index contributed by atoms with van der Waals surface area (Å²) < 4.78 is 5.45. The third kappa shape index (κ3) is 2.63. The Hall–Kier alpha value is -2.12. The molecular weight excluding hydrogens is 374 g/mol. The van der Waals surface area contributed by atoms with Crippen molar-refractivity contribution in [1.29, 1.82) is 0 Å². The zero-order chi connectivity index (χ0) is 17.4. The lowest BCUT2D eigenvalue weighted by atomic mass is 10.1. The molecule has 0 saturated heterocycles. The Bertz CT molecular complexity index is 1030. The molecule has 126 valence electrons. The standard InChI is InChI=1S/C17H18BrN3O3/c1-19-13-10-21(7-4-8-22)15(11-5-3-6-12(18)9-11)14(13)16(23)20(2)17(19)24/h3,5-6,9-10,22H,4,7-8H2,1-2H3. The van der Waals surface area contributed by atoms with Crippen molar-refractivity contribution in [3.63, 3.8) is 0 Å². The van der Waals surface area contributed by atoms with Crippen molar-refractivity contribution in [1.82, 2.24) is 13.7 Å². The SMILES string of the molecule is Cn1c(=O)c2c(-c3cccc(Br)c3)n(CCCO)cc2n(C)c1=O. The molecule has 0 bridgehead atoms. The lowest BCUT2D eigenvalue weighted by Gasteiger charge is -2.09. The van der Waals surface area contributed by atoms with Crippen LogP contribution < -0.4 is 11.2 Å². The van der Waals surface area contributed by atoms with Crippen molar-refractivity contribution in [2.45, 2.75) is 13.0 Å². The van der Waals surface area contributed by atoms with Crippen molar-refractivity contribution in [3.8, 4) is 11.3 Å². The minimum atomic E-state index is -0.354. The molecule has 0 spiro atoms. The molecule has 0 aliphatic rings. The van der Waals surface area contributed by atoms with Crippen LogP contribution in [-0.2, 0) is 20.6 Å². The highest BCUT2D eigenvalue weighted by atomic mass is 79.9. The maximum atomic E-state index is 12.7. The molecule has 3 aromatic rings. The lowest BCUT2D eigenvalue weighted by molar-refractivity contribution is 0.280. The van der Waals surface area contributed by atoms with Gasteiger partial charge < -0.3 is 9.67 Å². The van der Waals surface area contributed by atoms with Gasteiger partial charge in [0.1, 0.15) is 0 Å². The Morgan fingerprint density at radius 1 is 1.17 bits per heavy atom. The van der Waals surface area contributed by atoms with Crippen molar-refractivity contribution in [3.05, 3.63) is 55.8 Å². The molecule has 0 aliphatic carbocycles. The molecule has 1 N–H and O–H groups in total. The predicted molar refractivity (Wildman–Crippen MR) is 97.3 cm³/mol. The van der Waals surface area contributed by atoms with Gasteiger partial charge in [0.05, 0.1) is 16.6 Å². The summed E-state index contributed by atoms with van der Waals surface area (Å²) in [5, 5.41) is 9.67. The quantitative estimate of drug-likeness (QED) is 0.737. The second-order valence-corrected chi connectivity index (χ2v) is 6.64. The number of aryl methyl sites for hydroxylation is 2. The number of aromatic nitrogens is 3. The minimum absolute atomic E-state index is 0.0589. The first-order chi connectivity index (χ1) is 11.5. The van der Waals surface area contributed by atoms with Gasteiger partial charge in [-0.25, -0.2) is 4.79 Å². The number of rotatable bonds is 4.